The highest BCUT2D eigenvalue weighted by Gasteiger charge is 2.09. The smallest absolute Gasteiger partial charge is 0.0658 e. The number of hydrogen-bond donors (Lipinski definition) is 0. The van der Waals surface area contributed by atoms with Gasteiger partial charge in [0.25, 0.3) is 0 Å². The fourth-order valence-electron chi connectivity index (χ4n) is 1.34. The summed E-state index contributed by atoms with van der Waals surface area (Å²) in [6.07, 6.45) is 3.72. The Morgan fingerprint density at radius 1 is 1.67 bits per heavy atom. The van der Waals surface area contributed by atoms with Crippen LogP contribution in [0.5, 0.6) is 0 Å². The molecule has 0 aliphatic rings. The molecule has 0 aliphatic carbocycles. The maximum absolute atomic E-state index is 5.93. The van der Waals surface area contributed by atoms with Gasteiger partial charge in [0.05, 0.1) is 29.5 Å². The number of alkyl halides is 1. The molecule has 1 heterocycles. The summed E-state index contributed by atoms with van der Waals surface area (Å²) in [6.45, 7) is 3.47. The van der Waals surface area contributed by atoms with E-state index in [1.54, 1.807) is 7.11 Å². The Morgan fingerprint density at radius 2 is 2.40 bits per heavy atom. The van der Waals surface area contributed by atoms with E-state index in [-0.39, 0.29) is 5.38 Å². The summed E-state index contributed by atoms with van der Waals surface area (Å²) in [5.41, 5.74) is 1.19. The predicted octanol–water partition coefficient (Wildman–Crippen LogP) is 2.85. The van der Waals surface area contributed by atoms with Crippen molar-refractivity contribution in [2.24, 2.45) is 0 Å². The van der Waals surface area contributed by atoms with Crippen molar-refractivity contribution in [3.63, 3.8) is 0 Å². The average Bonchev–Trinajstić information content (AvgIpc) is 2.53. The molecule has 0 aromatic carbocycles. The molecular formula is C10H16BrClN2O. The number of rotatable bonds is 6. The first-order valence-electron chi connectivity index (χ1n) is 4.98. The minimum absolute atomic E-state index is 0.197. The third kappa shape index (κ3) is 4.13. The number of halogens is 2. The van der Waals surface area contributed by atoms with Gasteiger partial charge >= 0.3 is 0 Å². The van der Waals surface area contributed by atoms with Crippen LogP contribution < -0.4 is 0 Å². The molecule has 15 heavy (non-hydrogen) atoms. The second-order valence-electron chi connectivity index (χ2n) is 3.47. The van der Waals surface area contributed by atoms with Gasteiger partial charge in [-0.25, -0.2) is 0 Å². The third-order valence-corrected chi connectivity index (χ3v) is 3.06. The van der Waals surface area contributed by atoms with E-state index in [2.05, 4.69) is 21.0 Å². The van der Waals surface area contributed by atoms with Gasteiger partial charge in [0.1, 0.15) is 0 Å². The highest BCUT2D eigenvalue weighted by Crippen LogP contribution is 2.19. The van der Waals surface area contributed by atoms with Crippen molar-refractivity contribution in [2.75, 3.05) is 13.7 Å². The van der Waals surface area contributed by atoms with Gasteiger partial charge in [-0.1, -0.05) is 0 Å². The van der Waals surface area contributed by atoms with Crippen LogP contribution in [-0.4, -0.2) is 28.9 Å². The van der Waals surface area contributed by atoms with Crippen LogP contribution in [0.25, 0.3) is 0 Å². The van der Waals surface area contributed by atoms with Crippen molar-refractivity contribution in [3.8, 4) is 0 Å². The minimum Gasteiger partial charge on any atom is -0.383 e. The Morgan fingerprint density at radius 3 is 3.00 bits per heavy atom. The number of ether oxygens (including phenoxy) is 1. The van der Waals surface area contributed by atoms with E-state index in [9.17, 15) is 0 Å². The molecule has 1 aromatic heterocycles. The number of nitrogens with zero attached hydrogens (tertiary/aromatic N) is 2. The number of methoxy groups -OCH3 is 1. The van der Waals surface area contributed by atoms with Crippen molar-refractivity contribution in [2.45, 2.75) is 31.7 Å². The lowest BCUT2D eigenvalue weighted by Crippen LogP contribution is -2.10. The van der Waals surface area contributed by atoms with E-state index < -0.39 is 0 Å². The van der Waals surface area contributed by atoms with Crippen LogP contribution in [0.2, 0.25) is 0 Å². The maximum atomic E-state index is 5.93. The highest BCUT2D eigenvalue weighted by atomic mass is 79.9. The number of hydrogen-bond acceptors (Lipinski definition) is 2. The Kier molecular flexibility index (Phi) is 5.64. The first-order chi connectivity index (χ1) is 7.15. The highest BCUT2D eigenvalue weighted by molar-refractivity contribution is 9.10. The zero-order valence-electron chi connectivity index (χ0n) is 9.04. The van der Waals surface area contributed by atoms with Crippen LogP contribution in [0.3, 0.4) is 0 Å². The van der Waals surface area contributed by atoms with Crippen LogP contribution in [0, 0.1) is 0 Å². The van der Waals surface area contributed by atoms with Crippen LogP contribution in [-0.2, 0) is 17.7 Å². The Bertz CT molecular complexity index is 302. The SMILES string of the molecule is COCCn1ncc(Br)c1CCC(C)Cl. The van der Waals surface area contributed by atoms with Gasteiger partial charge in [-0.15, -0.1) is 11.6 Å². The van der Waals surface area contributed by atoms with Gasteiger partial charge < -0.3 is 4.74 Å². The molecule has 0 amide bonds. The molecule has 86 valence electrons. The summed E-state index contributed by atoms with van der Waals surface area (Å²) in [4.78, 5) is 0. The molecule has 1 aromatic rings. The molecule has 1 unspecified atom stereocenters. The first kappa shape index (κ1) is 13.0. The summed E-state index contributed by atoms with van der Waals surface area (Å²) in [5.74, 6) is 0. The average molecular weight is 296 g/mol. The molecule has 0 aliphatic heterocycles. The fourth-order valence-corrected chi connectivity index (χ4v) is 1.95. The molecule has 5 heteroatoms. The van der Waals surface area contributed by atoms with E-state index >= 15 is 0 Å². The summed E-state index contributed by atoms with van der Waals surface area (Å²) < 4.78 is 8.05. The molecule has 0 bridgehead atoms. The Hall–Kier alpha value is -0.0600. The molecule has 1 atom stereocenters. The normalized spacial score (nSPS) is 13.1. The second kappa shape index (κ2) is 6.51. The Balaban J connectivity index is 2.62. The van der Waals surface area contributed by atoms with E-state index in [0.717, 1.165) is 23.9 Å². The van der Waals surface area contributed by atoms with E-state index in [1.165, 1.54) is 5.69 Å². The monoisotopic (exact) mass is 294 g/mol. The van der Waals surface area contributed by atoms with Gasteiger partial charge in [-0.05, 0) is 35.7 Å². The van der Waals surface area contributed by atoms with Crippen molar-refractivity contribution in [1.82, 2.24) is 9.78 Å². The summed E-state index contributed by atoms with van der Waals surface area (Å²) >= 11 is 9.43. The Labute approximate surface area is 104 Å². The third-order valence-electron chi connectivity index (χ3n) is 2.18. The van der Waals surface area contributed by atoms with Gasteiger partial charge in [-0.2, -0.15) is 5.10 Å². The van der Waals surface area contributed by atoms with Crippen molar-refractivity contribution >= 4 is 27.5 Å². The lowest BCUT2D eigenvalue weighted by molar-refractivity contribution is 0.182. The topological polar surface area (TPSA) is 27.1 Å². The van der Waals surface area contributed by atoms with E-state index in [0.29, 0.717) is 6.61 Å². The predicted molar refractivity (Wildman–Crippen MR) is 65.4 cm³/mol. The molecule has 0 fully saturated rings. The van der Waals surface area contributed by atoms with Gasteiger partial charge in [0.15, 0.2) is 0 Å². The van der Waals surface area contributed by atoms with Gasteiger partial charge in [0, 0.05) is 12.5 Å². The molecule has 0 radical (unpaired) electrons. The maximum Gasteiger partial charge on any atom is 0.0658 e. The van der Waals surface area contributed by atoms with E-state index in [1.807, 2.05) is 17.8 Å². The van der Waals surface area contributed by atoms with Crippen molar-refractivity contribution < 1.29 is 4.74 Å². The van der Waals surface area contributed by atoms with E-state index in [4.69, 9.17) is 16.3 Å². The second-order valence-corrected chi connectivity index (χ2v) is 5.07. The summed E-state index contributed by atoms with van der Waals surface area (Å²) in [7, 11) is 1.69. The molecule has 0 saturated heterocycles. The molecule has 0 N–H and O–H groups in total. The lowest BCUT2D eigenvalue weighted by Gasteiger charge is -2.08. The standard InChI is InChI=1S/C10H16BrClN2O/c1-8(12)3-4-10-9(11)7-13-14(10)5-6-15-2/h7-8H,3-6H2,1-2H3. The van der Waals surface area contributed by atoms with Crippen molar-refractivity contribution in [3.05, 3.63) is 16.4 Å². The zero-order valence-corrected chi connectivity index (χ0v) is 11.4. The van der Waals surface area contributed by atoms with Crippen molar-refractivity contribution in [1.29, 1.82) is 0 Å². The first-order valence-corrected chi connectivity index (χ1v) is 6.21. The summed E-state index contributed by atoms with van der Waals surface area (Å²) in [5, 5.41) is 4.47. The molecule has 0 spiro atoms. The van der Waals surface area contributed by atoms with Gasteiger partial charge in [0.2, 0.25) is 0 Å². The molecule has 1 rings (SSSR count). The lowest BCUT2D eigenvalue weighted by atomic mass is 10.2. The minimum atomic E-state index is 0.197. The molecule has 0 saturated carbocycles. The zero-order chi connectivity index (χ0) is 11.3. The molecule has 3 nitrogen and oxygen atoms in total. The largest absolute Gasteiger partial charge is 0.383 e. The van der Waals surface area contributed by atoms with Gasteiger partial charge in [-0.3, -0.25) is 4.68 Å². The molecular weight excluding hydrogens is 279 g/mol. The van der Waals surface area contributed by atoms with Crippen LogP contribution in [0.1, 0.15) is 19.0 Å². The fraction of sp³-hybridized carbons (Fsp3) is 0.700. The number of aromatic nitrogens is 2. The van der Waals surface area contributed by atoms with Crippen LogP contribution >= 0.6 is 27.5 Å². The summed E-state index contributed by atoms with van der Waals surface area (Å²) in [6, 6.07) is 0. The quantitative estimate of drug-likeness (QED) is 0.755. The van der Waals surface area contributed by atoms with Crippen LogP contribution in [0.4, 0.5) is 0 Å². The van der Waals surface area contributed by atoms with Crippen LogP contribution in [0.15, 0.2) is 10.7 Å².